The van der Waals surface area contributed by atoms with E-state index in [-0.39, 0.29) is 11.7 Å². The van der Waals surface area contributed by atoms with Gasteiger partial charge in [0.15, 0.2) is 16.1 Å². The van der Waals surface area contributed by atoms with Crippen LogP contribution in [0.4, 0.5) is 5.13 Å². The van der Waals surface area contributed by atoms with Crippen LogP contribution in [0.25, 0.3) is 22.6 Å². The van der Waals surface area contributed by atoms with Crippen molar-refractivity contribution in [2.45, 2.75) is 18.5 Å². The Morgan fingerprint density at radius 1 is 1.17 bits per heavy atom. The summed E-state index contributed by atoms with van der Waals surface area (Å²) in [5.41, 5.74) is 2.91. The average molecular weight is 521 g/mol. The van der Waals surface area contributed by atoms with Crippen LogP contribution in [0.3, 0.4) is 0 Å². The zero-order valence-electron chi connectivity index (χ0n) is 16.3. The van der Waals surface area contributed by atoms with Gasteiger partial charge in [-0.05, 0) is 24.6 Å². The molecule has 30 heavy (non-hydrogen) atoms. The predicted molar refractivity (Wildman–Crippen MR) is 128 cm³/mol. The molecule has 0 aliphatic heterocycles. The van der Waals surface area contributed by atoms with Crippen molar-refractivity contribution in [3.8, 4) is 22.6 Å². The van der Waals surface area contributed by atoms with Gasteiger partial charge in [-0.2, -0.15) is 0 Å². The largest absolute Gasteiger partial charge is 0.305 e. The number of thiophene rings is 1. The van der Waals surface area contributed by atoms with Crippen molar-refractivity contribution >= 4 is 61.4 Å². The van der Waals surface area contributed by atoms with E-state index < -0.39 is 0 Å². The Labute approximate surface area is 194 Å². The summed E-state index contributed by atoms with van der Waals surface area (Å²) in [5.74, 6) is 0.932. The molecule has 154 valence electrons. The van der Waals surface area contributed by atoms with E-state index in [9.17, 15) is 4.79 Å². The van der Waals surface area contributed by atoms with Crippen molar-refractivity contribution in [2.75, 3.05) is 11.1 Å². The summed E-state index contributed by atoms with van der Waals surface area (Å²) in [7, 11) is 1.92. The number of carbonyl (C=O) groups excluding carboxylic acids is 1. The highest BCUT2D eigenvalue weighted by Gasteiger charge is 2.15. The molecule has 0 radical (unpaired) electrons. The van der Waals surface area contributed by atoms with E-state index in [4.69, 9.17) is 0 Å². The van der Waals surface area contributed by atoms with Gasteiger partial charge in [0.2, 0.25) is 5.91 Å². The minimum absolute atomic E-state index is 0.120. The lowest BCUT2D eigenvalue weighted by Crippen LogP contribution is -2.14. The maximum atomic E-state index is 12.4. The molecule has 4 aromatic rings. The van der Waals surface area contributed by atoms with Crippen molar-refractivity contribution in [2.24, 2.45) is 7.05 Å². The minimum atomic E-state index is -0.120. The zero-order valence-corrected chi connectivity index (χ0v) is 20.3. The van der Waals surface area contributed by atoms with Crippen LogP contribution in [0, 0.1) is 0 Å². The lowest BCUT2D eigenvalue weighted by molar-refractivity contribution is -0.113. The Kier molecular flexibility index (Phi) is 6.67. The van der Waals surface area contributed by atoms with Gasteiger partial charge in [0, 0.05) is 38.3 Å². The summed E-state index contributed by atoms with van der Waals surface area (Å²) >= 11 is 7.92. The number of hydrogen-bond donors (Lipinski definition) is 1. The third-order valence-electron chi connectivity index (χ3n) is 4.32. The lowest BCUT2D eigenvalue weighted by atomic mass is 10.2. The predicted octanol–water partition coefficient (Wildman–Crippen LogP) is 5.72. The van der Waals surface area contributed by atoms with E-state index in [2.05, 4.69) is 54.8 Å². The molecule has 0 atom stereocenters. The molecule has 0 spiro atoms. The van der Waals surface area contributed by atoms with Gasteiger partial charge in [-0.25, -0.2) is 4.98 Å². The highest BCUT2D eigenvalue weighted by atomic mass is 79.9. The zero-order chi connectivity index (χ0) is 21.1. The first kappa shape index (κ1) is 21.2. The van der Waals surface area contributed by atoms with Crippen LogP contribution in [0.5, 0.6) is 0 Å². The number of hydrogen-bond acceptors (Lipinski definition) is 7. The van der Waals surface area contributed by atoms with E-state index in [1.807, 2.05) is 41.3 Å². The second-order valence-corrected chi connectivity index (χ2v) is 10.1. The molecular formula is C20H18BrN5OS3. The van der Waals surface area contributed by atoms with Crippen LogP contribution in [0.1, 0.15) is 11.8 Å². The number of anilines is 1. The minimum Gasteiger partial charge on any atom is -0.305 e. The number of nitrogens with one attached hydrogen (secondary N) is 1. The normalized spacial score (nSPS) is 11.0. The van der Waals surface area contributed by atoms with Gasteiger partial charge in [-0.15, -0.1) is 32.9 Å². The van der Waals surface area contributed by atoms with Crippen molar-refractivity contribution in [1.29, 1.82) is 0 Å². The van der Waals surface area contributed by atoms with Crippen LogP contribution in [0.2, 0.25) is 0 Å². The number of carbonyl (C=O) groups is 1. The van der Waals surface area contributed by atoms with E-state index in [0.29, 0.717) is 10.3 Å². The number of thioether (sulfide) groups is 1. The Hall–Kier alpha value is -2.01. The highest BCUT2D eigenvalue weighted by molar-refractivity contribution is 9.10. The van der Waals surface area contributed by atoms with E-state index in [0.717, 1.165) is 33.5 Å². The molecule has 6 nitrogen and oxygen atoms in total. The smallest absolute Gasteiger partial charge is 0.236 e. The Morgan fingerprint density at radius 2 is 1.97 bits per heavy atom. The quantitative estimate of drug-likeness (QED) is 0.316. The number of aromatic nitrogens is 4. The Morgan fingerprint density at radius 3 is 2.70 bits per heavy atom. The molecule has 0 aliphatic carbocycles. The standard InChI is InChI=1S/C20H18BrN5OS3/c1-3-15-8-13(9-28-15)18-24-25-20(26(18)2)30-11-17(27)23-19-22-16(10-29-19)12-4-6-14(21)7-5-12/h4-10H,3,11H2,1-2H3,(H,22,23,27). The number of aryl methyl sites for hydroxylation is 1. The fraction of sp³-hybridized carbons (Fsp3) is 0.200. The molecule has 0 saturated heterocycles. The van der Waals surface area contributed by atoms with Gasteiger partial charge in [0.25, 0.3) is 0 Å². The fourth-order valence-corrected chi connectivity index (χ4v) is 5.27. The summed E-state index contributed by atoms with van der Waals surface area (Å²) in [6.45, 7) is 2.14. The van der Waals surface area contributed by atoms with Crippen molar-refractivity contribution < 1.29 is 4.79 Å². The molecule has 1 N–H and O–H groups in total. The van der Waals surface area contributed by atoms with Crippen molar-refractivity contribution in [1.82, 2.24) is 19.7 Å². The Balaban J connectivity index is 1.36. The second kappa shape index (κ2) is 9.42. The third-order valence-corrected chi connectivity index (χ3v) is 7.71. The third kappa shape index (κ3) is 4.83. The maximum Gasteiger partial charge on any atom is 0.236 e. The van der Waals surface area contributed by atoms with E-state index in [1.54, 1.807) is 11.3 Å². The SMILES string of the molecule is CCc1cc(-c2nnc(SCC(=O)Nc3nc(-c4ccc(Br)cc4)cs3)n2C)cs1. The van der Waals surface area contributed by atoms with Crippen molar-refractivity contribution in [3.63, 3.8) is 0 Å². The van der Waals surface area contributed by atoms with Crippen LogP contribution in [0.15, 0.2) is 50.7 Å². The van der Waals surface area contributed by atoms with Crippen molar-refractivity contribution in [3.05, 3.63) is 50.4 Å². The summed E-state index contributed by atoms with van der Waals surface area (Å²) < 4.78 is 2.94. The lowest BCUT2D eigenvalue weighted by Gasteiger charge is -2.03. The first-order valence-electron chi connectivity index (χ1n) is 9.14. The van der Waals surface area contributed by atoms with Gasteiger partial charge in [-0.1, -0.05) is 46.7 Å². The molecule has 0 bridgehead atoms. The first-order valence-corrected chi connectivity index (χ1v) is 12.7. The number of rotatable bonds is 7. The van der Waals surface area contributed by atoms with E-state index in [1.165, 1.54) is 28.0 Å². The summed E-state index contributed by atoms with van der Waals surface area (Å²) in [5, 5.41) is 16.7. The molecule has 10 heteroatoms. The van der Waals surface area contributed by atoms with E-state index >= 15 is 0 Å². The highest BCUT2D eigenvalue weighted by Crippen LogP contribution is 2.28. The van der Waals surface area contributed by atoms with Gasteiger partial charge in [-0.3, -0.25) is 4.79 Å². The van der Waals surface area contributed by atoms with Gasteiger partial charge in [0.05, 0.1) is 11.4 Å². The van der Waals surface area contributed by atoms with Gasteiger partial charge >= 0.3 is 0 Å². The number of benzene rings is 1. The number of halogens is 1. The van der Waals surface area contributed by atoms with Crippen LogP contribution < -0.4 is 5.32 Å². The fourth-order valence-electron chi connectivity index (χ4n) is 2.75. The molecule has 0 fully saturated rings. The van der Waals surface area contributed by atoms with Crippen LogP contribution >= 0.6 is 50.4 Å². The molecule has 0 aliphatic rings. The Bertz CT molecular complexity index is 1170. The monoisotopic (exact) mass is 519 g/mol. The summed E-state index contributed by atoms with van der Waals surface area (Å²) in [4.78, 5) is 18.2. The number of nitrogens with zero attached hydrogens (tertiary/aromatic N) is 4. The second-order valence-electron chi connectivity index (χ2n) is 6.40. The van der Waals surface area contributed by atoms with Gasteiger partial charge < -0.3 is 9.88 Å². The van der Waals surface area contributed by atoms with Crippen LogP contribution in [-0.4, -0.2) is 31.4 Å². The van der Waals surface area contributed by atoms with Crippen LogP contribution in [-0.2, 0) is 18.3 Å². The molecule has 0 saturated carbocycles. The topological polar surface area (TPSA) is 72.7 Å². The molecule has 3 heterocycles. The summed E-state index contributed by atoms with van der Waals surface area (Å²) in [6, 6.07) is 10.1. The summed E-state index contributed by atoms with van der Waals surface area (Å²) in [6.07, 6.45) is 1.00. The number of thiazole rings is 1. The van der Waals surface area contributed by atoms with Gasteiger partial charge in [0.1, 0.15) is 0 Å². The molecule has 4 rings (SSSR count). The molecule has 0 unspecified atom stereocenters. The molecule has 1 aromatic carbocycles. The molecule has 1 amide bonds. The number of amides is 1. The molecular weight excluding hydrogens is 502 g/mol. The average Bonchev–Trinajstić information content (AvgIpc) is 3.47. The maximum absolute atomic E-state index is 12.4. The molecule has 3 aromatic heterocycles. The first-order chi connectivity index (χ1) is 14.5.